The van der Waals surface area contributed by atoms with Crippen LogP contribution in [0.15, 0.2) is 12.2 Å². The zero-order valence-corrected chi connectivity index (χ0v) is 15.5. The summed E-state index contributed by atoms with van der Waals surface area (Å²) >= 11 is 0. The molecule has 0 aromatic rings. The molecule has 2 heterocycles. The minimum Gasteiger partial charge on any atom is -0.403 e. The molecule has 1 N–H and O–H groups in total. The van der Waals surface area contributed by atoms with Gasteiger partial charge in [0.25, 0.3) is 11.8 Å². The van der Waals surface area contributed by atoms with Crippen LogP contribution in [0.4, 0.5) is 0 Å². The van der Waals surface area contributed by atoms with Crippen molar-refractivity contribution in [3.63, 3.8) is 0 Å². The van der Waals surface area contributed by atoms with Crippen LogP contribution in [-0.2, 0) is 38.8 Å². The van der Waals surface area contributed by atoms with Crippen molar-refractivity contribution in [2.75, 3.05) is 0 Å². The van der Waals surface area contributed by atoms with Crippen molar-refractivity contribution >= 4 is 39.7 Å². The summed E-state index contributed by atoms with van der Waals surface area (Å²) < 4.78 is 39.8. The van der Waals surface area contributed by atoms with Crippen molar-refractivity contribution in [2.45, 2.75) is 50.1 Å². The van der Waals surface area contributed by atoms with Crippen molar-refractivity contribution in [1.82, 2.24) is 9.80 Å². The van der Waals surface area contributed by atoms with Gasteiger partial charge in [-0.1, -0.05) is 19.3 Å². The van der Waals surface area contributed by atoms with Crippen molar-refractivity contribution in [1.29, 1.82) is 0 Å². The largest absolute Gasteiger partial charge is 0.417 e. The van der Waals surface area contributed by atoms with Crippen molar-refractivity contribution < 1.29 is 41.7 Å². The first-order valence-corrected chi connectivity index (χ1v) is 10.2. The Morgan fingerprint density at radius 1 is 0.964 bits per heavy atom. The van der Waals surface area contributed by atoms with Gasteiger partial charge in [0, 0.05) is 25.0 Å². The molecule has 12 heteroatoms. The predicted octanol–water partition coefficient (Wildman–Crippen LogP) is -0.317. The van der Waals surface area contributed by atoms with E-state index in [0.29, 0.717) is 37.8 Å². The number of esters is 1. The third-order valence-electron chi connectivity index (χ3n) is 4.93. The van der Waals surface area contributed by atoms with E-state index in [-0.39, 0.29) is 9.80 Å². The summed E-state index contributed by atoms with van der Waals surface area (Å²) in [5.74, 6) is -6.61. The fourth-order valence-corrected chi connectivity index (χ4v) is 4.63. The second-order valence-electron chi connectivity index (χ2n) is 6.75. The Labute approximate surface area is 160 Å². The van der Waals surface area contributed by atoms with E-state index in [1.807, 2.05) is 0 Å². The molecule has 1 atom stereocenters. The van der Waals surface area contributed by atoms with Gasteiger partial charge in [-0.05, 0) is 12.8 Å². The fourth-order valence-electron chi connectivity index (χ4n) is 3.60. The van der Waals surface area contributed by atoms with E-state index in [1.54, 1.807) is 0 Å². The maximum Gasteiger partial charge on any atom is 0.417 e. The molecule has 11 nitrogen and oxygen atoms in total. The molecule has 0 radical (unpaired) electrons. The fraction of sp³-hybridized carbons (Fsp3) is 0.562. The van der Waals surface area contributed by atoms with Gasteiger partial charge in [0.05, 0.1) is 5.92 Å². The summed E-state index contributed by atoms with van der Waals surface area (Å²) in [7, 11) is -5.67. The molecule has 0 aromatic carbocycles. The summed E-state index contributed by atoms with van der Waals surface area (Å²) in [4.78, 5) is 61.5. The SMILES string of the molecule is O=C(OC(N1C(=O)C=CC1=O)(N1C(=O)CCC1=O)S(=O)(=O)O)C1CCCCC1. The van der Waals surface area contributed by atoms with Crippen LogP contribution in [0, 0.1) is 5.92 Å². The lowest BCUT2D eigenvalue weighted by Crippen LogP contribution is -2.70. The van der Waals surface area contributed by atoms with Crippen LogP contribution < -0.4 is 0 Å². The number of likely N-dealkylation sites (tertiary alicyclic amines) is 1. The van der Waals surface area contributed by atoms with Gasteiger partial charge in [0.2, 0.25) is 11.8 Å². The van der Waals surface area contributed by atoms with Gasteiger partial charge in [-0.3, -0.25) is 28.5 Å². The third-order valence-corrected chi connectivity index (χ3v) is 6.05. The Morgan fingerprint density at radius 2 is 1.46 bits per heavy atom. The van der Waals surface area contributed by atoms with Gasteiger partial charge in [-0.25, -0.2) is 4.90 Å². The lowest BCUT2D eigenvalue weighted by molar-refractivity contribution is -0.205. The Bertz CT molecular complexity index is 850. The number of hydrogen-bond donors (Lipinski definition) is 1. The number of hydrogen-bond acceptors (Lipinski definition) is 8. The molecule has 1 unspecified atom stereocenters. The molecule has 0 bridgehead atoms. The van der Waals surface area contributed by atoms with Gasteiger partial charge in [-0.15, -0.1) is 0 Å². The predicted molar refractivity (Wildman–Crippen MR) is 89.0 cm³/mol. The highest BCUT2D eigenvalue weighted by molar-refractivity contribution is 7.87. The molecule has 1 saturated heterocycles. The first-order chi connectivity index (χ1) is 13.1. The number of carbonyl (C=O) groups excluding carboxylic acids is 5. The normalized spacial score (nSPS) is 23.5. The average molecular weight is 414 g/mol. The van der Waals surface area contributed by atoms with Gasteiger partial charge in [0.1, 0.15) is 0 Å². The Kier molecular flexibility index (Phi) is 5.10. The highest BCUT2D eigenvalue weighted by atomic mass is 32.2. The molecule has 2 aliphatic heterocycles. The lowest BCUT2D eigenvalue weighted by atomic mass is 9.89. The van der Waals surface area contributed by atoms with Crippen LogP contribution in [0.1, 0.15) is 44.9 Å². The van der Waals surface area contributed by atoms with Crippen LogP contribution in [-0.4, -0.2) is 57.5 Å². The van der Waals surface area contributed by atoms with E-state index in [2.05, 4.69) is 0 Å². The molecule has 1 saturated carbocycles. The Balaban J connectivity index is 2.14. The van der Waals surface area contributed by atoms with E-state index in [9.17, 15) is 36.9 Å². The maximum absolute atomic E-state index is 12.7. The topological polar surface area (TPSA) is 155 Å². The zero-order valence-electron chi connectivity index (χ0n) is 14.7. The lowest BCUT2D eigenvalue weighted by Gasteiger charge is -2.41. The van der Waals surface area contributed by atoms with Gasteiger partial charge in [0.15, 0.2) is 0 Å². The Hall–Kier alpha value is -2.60. The van der Waals surface area contributed by atoms with Crippen LogP contribution in [0.3, 0.4) is 0 Å². The molecular formula is C16H18N2O9S. The molecule has 4 amide bonds. The van der Waals surface area contributed by atoms with Crippen LogP contribution in [0.2, 0.25) is 0 Å². The summed E-state index contributed by atoms with van der Waals surface area (Å²) in [6.45, 7) is 0. The van der Waals surface area contributed by atoms with Crippen LogP contribution in [0.25, 0.3) is 0 Å². The molecule has 2 fully saturated rings. The molecule has 0 spiro atoms. The number of amides is 4. The van der Waals surface area contributed by atoms with Crippen molar-refractivity contribution in [2.24, 2.45) is 5.92 Å². The Morgan fingerprint density at radius 3 is 1.93 bits per heavy atom. The molecule has 3 rings (SSSR count). The van der Waals surface area contributed by atoms with E-state index in [4.69, 9.17) is 4.74 Å². The van der Waals surface area contributed by atoms with E-state index in [0.717, 1.165) is 6.42 Å². The number of rotatable bonds is 5. The summed E-state index contributed by atoms with van der Waals surface area (Å²) in [5, 5.41) is -3.61. The first-order valence-electron chi connectivity index (χ1n) is 8.71. The number of ether oxygens (including phenoxy) is 1. The van der Waals surface area contributed by atoms with Crippen LogP contribution >= 0.6 is 0 Å². The van der Waals surface area contributed by atoms with E-state index < -0.39 is 63.7 Å². The van der Waals surface area contributed by atoms with E-state index >= 15 is 0 Å². The van der Waals surface area contributed by atoms with Gasteiger partial charge >= 0.3 is 21.3 Å². The summed E-state index contributed by atoms with van der Waals surface area (Å²) in [6, 6.07) is 0. The molecule has 0 aromatic heterocycles. The summed E-state index contributed by atoms with van der Waals surface area (Å²) in [6.07, 6.45) is 3.44. The molecule has 3 aliphatic rings. The van der Waals surface area contributed by atoms with Crippen LogP contribution in [0.5, 0.6) is 0 Å². The van der Waals surface area contributed by atoms with Gasteiger partial charge < -0.3 is 4.74 Å². The highest BCUT2D eigenvalue weighted by Crippen LogP contribution is 2.37. The first kappa shape index (κ1) is 20.1. The molecular weight excluding hydrogens is 396 g/mol. The zero-order chi connectivity index (χ0) is 20.7. The summed E-state index contributed by atoms with van der Waals surface area (Å²) in [5.41, 5.74) is 0. The molecule has 1 aliphatic carbocycles. The third kappa shape index (κ3) is 3.11. The van der Waals surface area contributed by atoms with Gasteiger partial charge in [-0.2, -0.15) is 13.3 Å². The minimum atomic E-state index is -5.67. The monoisotopic (exact) mass is 414 g/mol. The standard InChI is InChI=1S/C16H18N2O9S/c19-11-6-7-12(20)17(11)16(28(24,25)26,18-13(21)8-9-14(18)22)27-15(23)10-4-2-1-3-5-10/h6-7,10H,1-5,8-9H2,(H,24,25,26). The molecule has 152 valence electrons. The average Bonchev–Trinajstić information content (AvgIpc) is 3.14. The minimum absolute atomic E-state index is 0.0220. The number of carbonyl (C=O) groups is 5. The maximum atomic E-state index is 12.7. The van der Waals surface area contributed by atoms with Crippen molar-refractivity contribution in [3.05, 3.63) is 12.2 Å². The number of nitrogens with zero attached hydrogens (tertiary/aromatic N) is 2. The number of imide groups is 2. The van der Waals surface area contributed by atoms with Crippen molar-refractivity contribution in [3.8, 4) is 0 Å². The second kappa shape index (κ2) is 7.09. The smallest absolute Gasteiger partial charge is 0.403 e. The van der Waals surface area contributed by atoms with E-state index in [1.165, 1.54) is 0 Å². The highest BCUT2D eigenvalue weighted by Gasteiger charge is 2.67. The molecule has 28 heavy (non-hydrogen) atoms. The second-order valence-corrected chi connectivity index (χ2v) is 8.23. The quantitative estimate of drug-likeness (QED) is 0.362.